The SMILES string of the molecule is CC(C)(C)c1ccnc(-n2c3ccccc3c3ccc(Oc4cccc(N5CN6c7ccccc7C(C)(C)c7cccc5c76)c4)cc32)c1.F[B-](F)(F)F. The van der Waals surface area contributed by atoms with Gasteiger partial charge in [-0.2, -0.15) is 0 Å². The Morgan fingerprint density at radius 3 is 2.11 bits per heavy atom. The van der Waals surface area contributed by atoms with Crippen LogP contribution >= 0.6 is 0 Å². The fraction of sp³-hybridized carbons (Fsp3) is 0.186. The summed E-state index contributed by atoms with van der Waals surface area (Å²) in [6.07, 6.45) is 1.92. The monoisotopic (exact) mass is 713 g/mol. The number of hydrogen-bond donors (Lipinski definition) is 0. The summed E-state index contributed by atoms with van der Waals surface area (Å²) >= 11 is 0. The fourth-order valence-corrected chi connectivity index (χ4v) is 7.74. The number of rotatable bonds is 4. The highest BCUT2D eigenvalue weighted by atomic mass is 19.5. The number of ether oxygens (including phenoxy) is 1. The minimum atomic E-state index is -6.00. The van der Waals surface area contributed by atoms with Crippen molar-refractivity contribution < 1.29 is 22.0 Å². The maximum atomic E-state index is 9.75. The van der Waals surface area contributed by atoms with Crippen LogP contribution in [-0.4, -0.2) is 23.5 Å². The van der Waals surface area contributed by atoms with Gasteiger partial charge in [-0.15, -0.1) is 0 Å². The third kappa shape index (κ3) is 6.16. The van der Waals surface area contributed by atoms with Crippen LogP contribution in [0.4, 0.5) is 40.0 Å². The van der Waals surface area contributed by atoms with E-state index < -0.39 is 7.25 Å². The molecule has 4 heterocycles. The number of pyridine rings is 1. The summed E-state index contributed by atoms with van der Waals surface area (Å²) in [6.45, 7) is 12.1. The molecule has 10 heteroatoms. The van der Waals surface area contributed by atoms with Gasteiger partial charge in [0, 0.05) is 45.9 Å². The summed E-state index contributed by atoms with van der Waals surface area (Å²) in [4.78, 5) is 9.71. The summed E-state index contributed by atoms with van der Waals surface area (Å²) in [5.74, 6) is 2.50. The zero-order valence-corrected chi connectivity index (χ0v) is 30.1. The average Bonchev–Trinajstić information content (AvgIpc) is 3.67. The second-order valence-corrected chi connectivity index (χ2v) is 15.1. The highest BCUT2D eigenvalue weighted by molar-refractivity contribution is 6.50. The van der Waals surface area contributed by atoms with Crippen LogP contribution in [0.2, 0.25) is 0 Å². The van der Waals surface area contributed by atoms with Crippen LogP contribution in [0.15, 0.2) is 128 Å². The second kappa shape index (κ2) is 12.4. The van der Waals surface area contributed by atoms with Gasteiger partial charge in [-0.05, 0) is 76.7 Å². The molecule has 2 aliphatic rings. The maximum Gasteiger partial charge on any atom is 0.673 e. The molecule has 268 valence electrons. The molecular weight excluding hydrogens is 675 g/mol. The smallest absolute Gasteiger partial charge is 0.457 e. The van der Waals surface area contributed by atoms with Gasteiger partial charge in [0.1, 0.15) is 24.0 Å². The molecule has 0 bridgehead atoms. The lowest BCUT2D eigenvalue weighted by Gasteiger charge is -2.39. The average molecular weight is 714 g/mol. The van der Waals surface area contributed by atoms with Crippen LogP contribution in [-0.2, 0) is 10.8 Å². The second-order valence-electron chi connectivity index (χ2n) is 15.1. The van der Waals surface area contributed by atoms with Crippen LogP contribution in [0.25, 0.3) is 27.6 Å². The largest absolute Gasteiger partial charge is 0.673 e. The third-order valence-corrected chi connectivity index (χ3v) is 10.3. The first kappa shape index (κ1) is 34.3. The van der Waals surface area contributed by atoms with Crippen LogP contribution in [0.3, 0.4) is 0 Å². The zero-order valence-electron chi connectivity index (χ0n) is 30.1. The van der Waals surface area contributed by atoms with Gasteiger partial charge in [-0.1, -0.05) is 89.2 Å². The van der Waals surface area contributed by atoms with E-state index in [2.05, 4.69) is 164 Å². The van der Waals surface area contributed by atoms with Gasteiger partial charge in [0.25, 0.3) is 0 Å². The van der Waals surface area contributed by atoms with Crippen LogP contribution in [0.5, 0.6) is 11.5 Å². The summed E-state index contributed by atoms with van der Waals surface area (Å²) < 4.78 is 47.9. The van der Waals surface area contributed by atoms with Gasteiger partial charge in [0.2, 0.25) is 0 Å². The van der Waals surface area contributed by atoms with Crippen molar-refractivity contribution in [3.8, 4) is 17.3 Å². The predicted octanol–water partition coefficient (Wildman–Crippen LogP) is 12.5. The maximum absolute atomic E-state index is 9.75. The van der Waals surface area contributed by atoms with E-state index in [9.17, 15) is 17.3 Å². The standard InChI is InChI=1S/C43H38N4O.BF4/c1-42(2,3)28-22-23-44-40(24-28)47-36-17-8-6-14-32(36)33-21-20-31(26-39(33)47)48-30-13-10-12-29(25-30)45-27-46-37-18-9-7-15-34(37)43(4,5)35-16-11-19-38(45)41(35)46;2-1(3,4)5/h6-26H,27H2,1-5H3;/q;-1. The number of fused-ring (bicyclic) bond motifs is 5. The Labute approximate surface area is 306 Å². The topological polar surface area (TPSA) is 33.5 Å². The molecule has 7 aromatic rings. The molecule has 0 aliphatic carbocycles. The van der Waals surface area contributed by atoms with Gasteiger partial charge in [-0.3, -0.25) is 4.57 Å². The van der Waals surface area contributed by atoms with Crippen molar-refractivity contribution >= 4 is 51.8 Å². The summed E-state index contributed by atoms with van der Waals surface area (Å²) in [5, 5.41) is 2.37. The highest BCUT2D eigenvalue weighted by Crippen LogP contribution is 2.56. The Bertz CT molecular complexity index is 2510. The van der Waals surface area contributed by atoms with Crippen LogP contribution in [0.1, 0.15) is 51.3 Å². The van der Waals surface area contributed by atoms with Crippen molar-refractivity contribution in [2.24, 2.45) is 0 Å². The Balaban J connectivity index is 0.000000752. The number of benzene rings is 5. The van der Waals surface area contributed by atoms with Gasteiger partial charge in [0.05, 0.1) is 22.4 Å². The van der Waals surface area contributed by atoms with Crippen LogP contribution in [0, 0.1) is 0 Å². The number of para-hydroxylation sites is 3. The van der Waals surface area contributed by atoms with E-state index in [1.165, 1.54) is 44.5 Å². The normalized spacial score (nSPS) is 14.5. The highest BCUT2D eigenvalue weighted by Gasteiger charge is 2.42. The lowest BCUT2D eigenvalue weighted by Crippen LogP contribution is -2.32. The molecule has 0 unspecified atom stereocenters. The van der Waals surface area contributed by atoms with Crippen LogP contribution < -0.4 is 14.5 Å². The molecule has 0 N–H and O–H groups in total. The van der Waals surface area contributed by atoms with E-state index in [1.807, 2.05) is 12.3 Å². The molecule has 2 aromatic heterocycles. The molecule has 2 aliphatic heterocycles. The Morgan fingerprint density at radius 2 is 1.32 bits per heavy atom. The number of anilines is 4. The number of aromatic nitrogens is 2. The summed E-state index contributed by atoms with van der Waals surface area (Å²) in [7, 11) is -6.00. The number of nitrogens with zero attached hydrogens (tertiary/aromatic N) is 4. The van der Waals surface area contributed by atoms with E-state index in [0.29, 0.717) is 0 Å². The summed E-state index contributed by atoms with van der Waals surface area (Å²) in [6, 6.07) is 43.3. The Kier molecular flexibility index (Phi) is 8.05. The fourth-order valence-electron chi connectivity index (χ4n) is 7.74. The van der Waals surface area contributed by atoms with E-state index in [0.717, 1.165) is 40.7 Å². The molecule has 9 rings (SSSR count). The molecule has 53 heavy (non-hydrogen) atoms. The summed E-state index contributed by atoms with van der Waals surface area (Å²) in [5.41, 5.74) is 11.0. The quantitative estimate of drug-likeness (QED) is 0.134. The third-order valence-electron chi connectivity index (χ3n) is 10.3. The first-order chi connectivity index (χ1) is 25.2. The lowest BCUT2D eigenvalue weighted by molar-refractivity contribution is 0.368. The molecule has 0 fully saturated rings. The lowest BCUT2D eigenvalue weighted by atomic mass is 9.74. The van der Waals surface area contributed by atoms with E-state index in [-0.39, 0.29) is 10.8 Å². The molecule has 0 atom stereocenters. The van der Waals surface area contributed by atoms with Gasteiger partial charge < -0.3 is 31.8 Å². The van der Waals surface area contributed by atoms with E-state index >= 15 is 0 Å². The molecule has 0 saturated heterocycles. The van der Waals surface area contributed by atoms with Crippen molar-refractivity contribution in [3.63, 3.8) is 0 Å². The predicted molar refractivity (Wildman–Crippen MR) is 208 cm³/mol. The van der Waals surface area contributed by atoms with Crippen molar-refractivity contribution in [1.82, 2.24) is 9.55 Å². The van der Waals surface area contributed by atoms with Crippen molar-refractivity contribution in [3.05, 3.63) is 144 Å². The minimum absolute atomic E-state index is 0.0154. The molecule has 0 spiro atoms. The van der Waals surface area contributed by atoms with E-state index in [1.54, 1.807) is 0 Å². The molecule has 5 nitrogen and oxygen atoms in total. The first-order valence-corrected chi connectivity index (χ1v) is 17.6. The van der Waals surface area contributed by atoms with Gasteiger partial charge in [0.15, 0.2) is 0 Å². The van der Waals surface area contributed by atoms with Crippen molar-refractivity contribution in [2.75, 3.05) is 16.5 Å². The van der Waals surface area contributed by atoms with Crippen molar-refractivity contribution in [2.45, 2.75) is 45.4 Å². The van der Waals surface area contributed by atoms with Gasteiger partial charge >= 0.3 is 7.25 Å². The Hall–Kier alpha value is -5.77. The zero-order chi connectivity index (χ0) is 37.3. The minimum Gasteiger partial charge on any atom is -0.457 e. The Morgan fingerprint density at radius 1 is 0.660 bits per heavy atom. The molecular formula is C43H38BF4N4O-. The molecule has 5 aromatic carbocycles. The number of halogens is 4. The first-order valence-electron chi connectivity index (χ1n) is 17.6. The molecule has 0 saturated carbocycles. The molecule has 0 radical (unpaired) electrons. The van der Waals surface area contributed by atoms with Crippen molar-refractivity contribution in [1.29, 1.82) is 0 Å². The number of hydrogen-bond acceptors (Lipinski definition) is 4. The van der Waals surface area contributed by atoms with E-state index in [4.69, 9.17) is 9.72 Å². The molecule has 0 amide bonds. The van der Waals surface area contributed by atoms with Gasteiger partial charge in [-0.25, -0.2) is 4.98 Å².